The average Bonchev–Trinajstić information content (AvgIpc) is 2.41. The zero-order valence-corrected chi connectivity index (χ0v) is 10.2. The molecule has 0 saturated carbocycles. The summed E-state index contributed by atoms with van der Waals surface area (Å²) in [7, 11) is 0. The van der Waals surface area contributed by atoms with Crippen LogP contribution in [0, 0.1) is 0 Å². The summed E-state index contributed by atoms with van der Waals surface area (Å²) in [5.74, 6) is 0. The third-order valence-electron chi connectivity index (χ3n) is 1.74. The fraction of sp³-hybridized carbons (Fsp3) is 0.444. The van der Waals surface area contributed by atoms with Crippen molar-refractivity contribution in [3.63, 3.8) is 0 Å². The van der Waals surface area contributed by atoms with Gasteiger partial charge >= 0.3 is 6.09 Å². The topological polar surface area (TPSA) is 49.3 Å². The van der Waals surface area contributed by atoms with E-state index in [4.69, 9.17) is 5.11 Å². The third-order valence-corrected chi connectivity index (χ3v) is 3.83. The van der Waals surface area contributed by atoms with Crippen molar-refractivity contribution in [2.75, 3.05) is 5.32 Å². The van der Waals surface area contributed by atoms with Crippen LogP contribution in [0.25, 0.3) is 0 Å². The molecule has 78 valence electrons. The maximum absolute atomic E-state index is 10.4. The Bertz CT molecular complexity index is 325. The quantitative estimate of drug-likeness (QED) is 0.876. The second-order valence-electron chi connectivity index (χ2n) is 2.92. The lowest BCUT2D eigenvalue weighted by molar-refractivity contribution is 0.210. The van der Waals surface area contributed by atoms with Crippen LogP contribution in [0.1, 0.15) is 24.6 Å². The number of halogens is 1. The van der Waals surface area contributed by atoms with Crippen molar-refractivity contribution in [1.29, 1.82) is 0 Å². The molecule has 0 aliphatic heterocycles. The second-order valence-corrected chi connectivity index (χ2v) is 4.91. The lowest BCUT2D eigenvalue weighted by Crippen LogP contribution is -2.05. The fourth-order valence-electron chi connectivity index (χ4n) is 1.08. The molecule has 1 amide bonds. The van der Waals surface area contributed by atoms with Crippen LogP contribution in [0.3, 0.4) is 0 Å². The standard InChI is InChI=1S/C9H12BrNO2S/c1-2-3-4-7-6(10)5-8(14-7)11-9(12)13/h5,11H,2-4H2,1H3,(H,12,13). The molecule has 0 unspecified atom stereocenters. The van der Waals surface area contributed by atoms with Crippen molar-refractivity contribution in [3.05, 3.63) is 15.4 Å². The minimum Gasteiger partial charge on any atom is -0.465 e. The number of hydrogen-bond donors (Lipinski definition) is 2. The molecule has 0 aliphatic carbocycles. The van der Waals surface area contributed by atoms with Crippen molar-refractivity contribution < 1.29 is 9.90 Å². The lowest BCUT2D eigenvalue weighted by atomic mass is 10.2. The summed E-state index contributed by atoms with van der Waals surface area (Å²) in [5, 5.41) is 11.5. The van der Waals surface area contributed by atoms with E-state index >= 15 is 0 Å². The maximum Gasteiger partial charge on any atom is 0.409 e. The van der Waals surface area contributed by atoms with E-state index in [-0.39, 0.29) is 0 Å². The van der Waals surface area contributed by atoms with Gasteiger partial charge in [-0.05, 0) is 34.8 Å². The molecular weight excluding hydrogens is 266 g/mol. The van der Waals surface area contributed by atoms with E-state index in [1.165, 1.54) is 16.2 Å². The van der Waals surface area contributed by atoms with Crippen LogP contribution in [0.15, 0.2) is 10.5 Å². The molecule has 0 atom stereocenters. The van der Waals surface area contributed by atoms with Gasteiger partial charge in [-0.2, -0.15) is 0 Å². The van der Waals surface area contributed by atoms with Gasteiger partial charge < -0.3 is 5.11 Å². The molecule has 1 aromatic rings. The van der Waals surface area contributed by atoms with Crippen molar-refractivity contribution >= 4 is 38.4 Å². The zero-order valence-electron chi connectivity index (χ0n) is 7.84. The van der Waals surface area contributed by atoms with Crippen LogP contribution in [-0.4, -0.2) is 11.2 Å². The van der Waals surface area contributed by atoms with E-state index in [0.717, 1.165) is 23.7 Å². The number of carboxylic acid groups (broad SMARTS) is 1. The van der Waals surface area contributed by atoms with Crippen LogP contribution in [0.4, 0.5) is 9.80 Å². The van der Waals surface area contributed by atoms with E-state index < -0.39 is 6.09 Å². The number of carbonyl (C=O) groups is 1. The van der Waals surface area contributed by atoms with E-state index in [1.807, 2.05) is 6.07 Å². The number of nitrogens with one attached hydrogen (secondary N) is 1. The van der Waals surface area contributed by atoms with Crippen molar-refractivity contribution in [1.82, 2.24) is 0 Å². The van der Waals surface area contributed by atoms with Crippen molar-refractivity contribution in [2.24, 2.45) is 0 Å². The summed E-state index contributed by atoms with van der Waals surface area (Å²) >= 11 is 4.90. The van der Waals surface area contributed by atoms with E-state index in [1.54, 1.807) is 0 Å². The highest BCUT2D eigenvalue weighted by atomic mass is 79.9. The Kier molecular flexibility index (Phi) is 4.41. The molecule has 3 nitrogen and oxygen atoms in total. The Hall–Kier alpha value is -0.550. The van der Waals surface area contributed by atoms with Crippen LogP contribution >= 0.6 is 27.3 Å². The first-order chi connectivity index (χ1) is 6.63. The minimum atomic E-state index is -1.01. The normalized spacial score (nSPS) is 10.1. The molecule has 0 radical (unpaired) electrons. The monoisotopic (exact) mass is 277 g/mol. The van der Waals surface area contributed by atoms with Gasteiger partial charge in [0, 0.05) is 9.35 Å². The molecule has 14 heavy (non-hydrogen) atoms. The van der Waals surface area contributed by atoms with Gasteiger partial charge in [0.05, 0.1) is 5.00 Å². The van der Waals surface area contributed by atoms with Crippen LogP contribution in [0.2, 0.25) is 0 Å². The highest BCUT2D eigenvalue weighted by molar-refractivity contribution is 9.10. The van der Waals surface area contributed by atoms with Gasteiger partial charge in [0.1, 0.15) is 0 Å². The fourth-order valence-corrected chi connectivity index (χ4v) is 2.89. The van der Waals surface area contributed by atoms with Gasteiger partial charge in [-0.25, -0.2) is 4.79 Å². The molecule has 0 spiro atoms. The molecular formula is C9H12BrNO2S. The maximum atomic E-state index is 10.4. The van der Waals surface area contributed by atoms with Gasteiger partial charge in [0.15, 0.2) is 0 Å². The third kappa shape index (κ3) is 3.31. The Morgan fingerprint density at radius 2 is 2.43 bits per heavy atom. The predicted octanol–water partition coefficient (Wildman–Crippen LogP) is 3.94. The van der Waals surface area contributed by atoms with Gasteiger partial charge in [0.25, 0.3) is 0 Å². The largest absolute Gasteiger partial charge is 0.465 e. The molecule has 5 heteroatoms. The second kappa shape index (κ2) is 5.36. The van der Waals surface area contributed by atoms with E-state index in [2.05, 4.69) is 28.2 Å². The SMILES string of the molecule is CCCCc1sc(NC(=O)O)cc1Br. The number of aryl methyl sites for hydroxylation is 1. The van der Waals surface area contributed by atoms with Crippen LogP contribution in [0.5, 0.6) is 0 Å². The summed E-state index contributed by atoms with van der Waals surface area (Å²) in [5.41, 5.74) is 0. The van der Waals surface area contributed by atoms with Gasteiger partial charge in [-0.3, -0.25) is 5.32 Å². The number of hydrogen-bond acceptors (Lipinski definition) is 2. The Balaban J connectivity index is 2.66. The molecule has 1 aromatic heterocycles. The van der Waals surface area contributed by atoms with Crippen molar-refractivity contribution in [2.45, 2.75) is 26.2 Å². The smallest absolute Gasteiger partial charge is 0.409 e. The highest BCUT2D eigenvalue weighted by Crippen LogP contribution is 2.32. The molecule has 1 heterocycles. The molecule has 0 bridgehead atoms. The lowest BCUT2D eigenvalue weighted by Gasteiger charge is -1.95. The first-order valence-corrected chi connectivity index (χ1v) is 6.02. The Morgan fingerprint density at radius 3 is 3.00 bits per heavy atom. The highest BCUT2D eigenvalue weighted by Gasteiger charge is 2.07. The molecule has 0 aromatic carbocycles. The first-order valence-electron chi connectivity index (χ1n) is 4.41. The molecule has 0 aliphatic rings. The number of anilines is 1. The molecule has 0 saturated heterocycles. The first kappa shape index (κ1) is 11.5. The molecule has 2 N–H and O–H groups in total. The summed E-state index contributed by atoms with van der Waals surface area (Å²) in [4.78, 5) is 11.6. The minimum absolute atomic E-state index is 0.676. The Labute approximate surface area is 95.3 Å². The summed E-state index contributed by atoms with van der Waals surface area (Å²) in [6.07, 6.45) is 2.27. The van der Waals surface area contributed by atoms with Gasteiger partial charge in [-0.15, -0.1) is 11.3 Å². The van der Waals surface area contributed by atoms with E-state index in [9.17, 15) is 4.79 Å². The average molecular weight is 278 g/mol. The van der Waals surface area contributed by atoms with Crippen molar-refractivity contribution in [3.8, 4) is 0 Å². The van der Waals surface area contributed by atoms with Gasteiger partial charge in [0.2, 0.25) is 0 Å². The predicted molar refractivity (Wildman–Crippen MR) is 62.3 cm³/mol. The summed E-state index contributed by atoms with van der Waals surface area (Å²) < 4.78 is 1.000. The van der Waals surface area contributed by atoms with Crippen LogP contribution in [-0.2, 0) is 6.42 Å². The summed E-state index contributed by atoms with van der Waals surface area (Å²) in [6, 6.07) is 1.81. The number of amides is 1. The number of rotatable bonds is 4. The number of thiophene rings is 1. The van der Waals surface area contributed by atoms with Gasteiger partial charge in [-0.1, -0.05) is 13.3 Å². The Morgan fingerprint density at radius 1 is 1.71 bits per heavy atom. The number of unbranched alkanes of at least 4 members (excludes halogenated alkanes) is 1. The summed E-state index contributed by atoms with van der Waals surface area (Å²) in [6.45, 7) is 2.14. The van der Waals surface area contributed by atoms with Crippen LogP contribution < -0.4 is 5.32 Å². The van der Waals surface area contributed by atoms with E-state index in [0.29, 0.717) is 5.00 Å². The molecule has 0 fully saturated rings. The zero-order chi connectivity index (χ0) is 10.6. The molecule has 1 rings (SSSR count).